The van der Waals surface area contributed by atoms with Gasteiger partial charge in [0.2, 0.25) is 0 Å². The summed E-state index contributed by atoms with van der Waals surface area (Å²) < 4.78 is 0. The molecule has 1 N–H and O–H groups in total. The fourth-order valence-electron chi connectivity index (χ4n) is 3.82. The van der Waals surface area contributed by atoms with Crippen LogP contribution in [0, 0.1) is 17.8 Å². The fourth-order valence-corrected chi connectivity index (χ4v) is 4.06. The number of rotatable bonds is 5. The molecule has 0 aromatic heterocycles. The van der Waals surface area contributed by atoms with Crippen LogP contribution in [0.25, 0.3) is 0 Å². The molecule has 0 spiro atoms. The molecule has 2 aliphatic rings. The number of halogens is 1. The third-order valence-corrected chi connectivity index (χ3v) is 5.35. The molecular weight excluding hydrogens is 280 g/mol. The number of hydrogen-bond donors (Lipinski definition) is 1. The molecule has 2 unspecified atom stereocenters. The first-order valence-corrected chi connectivity index (χ1v) is 8.75. The van der Waals surface area contributed by atoms with Gasteiger partial charge in [-0.2, -0.15) is 0 Å². The number of hydrogen-bond acceptors (Lipinski definition) is 2. The normalized spacial score (nSPS) is 24.9. The zero-order valence-electron chi connectivity index (χ0n) is 13.2. The molecule has 2 nitrogen and oxygen atoms in total. The van der Waals surface area contributed by atoms with Gasteiger partial charge in [0.15, 0.2) is 0 Å². The average Bonchev–Trinajstić information content (AvgIpc) is 3.01. The first-order chi connectivity index (χ1) is 10.1. The van der Waals surface area contributed by atoms with E-state index in [9.17, 15) is 0 Å². The summed E-state index contributed by atoms with van der Waals surface area (Å²) in [7, 11) is 0. The Labute approximate surface area is 133 Å². The van der Waals surface area contributed by atoms with Crippen LogP contribution in [-0.4, -0.2) is 19.6 Å². The highest BCUT2D eigenvalue weighted by molar-refractivity contribution is 6.31. The van der Waals surface area contributed by atoms with Crippen molar-refractivity contribution in [2.24, 2.45) is 17.8 Å². The van der Waals surface area contributed by atoms with Gasteiger partial charge >= 0.3 is 0 Å². The van der Waals surface area contributed by atoms with Gasteiger partial charge in [0.25, 0.3) is 0 Å². The maximum atomic E-state index is 6.48. The van der Waals surface area contributed by atoms with Crippen LogP contribution in [0.4, 0.5) is 5.69 Å². The molecule has 1 heterocycles. The van der Waals surface area contributed by atoms with E-state index >= 15 is 0 Å². The highest BCUT2D eigenvalue weighted by atomic mass is 35.5. The second-order valence-corrected chi connectivity index (χ2v) is 7.56. The van der Waals surface area contributed by atoms with Crippen LogP contribution in [0.15, 0.2) is 18.2 Å². The largest absolute Gasteiger partial charge is 0.371 e. The predicted molar refractivity (Wildman–Crippen MR) is 91.0 cm³/mol. The molecule has 0 amide bonds. The summed E-state index contributed by atoms with van der Waals surface area (Å²) in [6.07, 6.45) is 4.28. The molecule has 0 radical (unpaired) electrons. The van der Waals surface area contributed by atoms with E-state index in [0.717, 1.165) is 29.9 Å². The van der Waals surface area contributed by atoms with Gasteiger partial charge in [0.05, 0.1) is 0 Å². The van der Waals surface area contributed by atoms with Crippen molar-refractivity contribution in [1.82, 2.24) is 5.32 Å². The van der Waals surface area contributed by atoms with Crippen LogP contribution in [0.1, 0.15) is 38.7 Å². The Kier molecular flexibility index (Phi) is 4.75. The van der Waals surface area contributed by atoms with Crippen LogP contribution >= 0.6 is 11.6 Å². The summed E-state index contributed by atoms with van der Waals surface area (Å²) >= 11 is 6.48. The lowest BCUT2D eigenvalue weighted by atomic mass is 10.0. The third kappa shape index (κ3) is 3.54. The molecule has 2 fully saturated rings. The molecule has 1 aromatic carbocycles. The Morgan fingerprint density at radius 1 is 1.24 bits per heavy atom. The molecule has 3 rings (SSSR count). The van der Waals surface area contributed by atoms with Crippen molar-refractivity contribution in [3.8, 4) is 0 Å². The molecule has 1 aromatic rings. The van der Waals surface area contributed by atoms with Crippen LogP contribution in [0.2, 0.25) is 5.02 Å². The number of anilines is 1. The van der Waals surface area contributed by atoms with E-state index in [2.05, 4.69) is 42.3 Å². The van der Waals surface area contributed by atoms with E-state index < -0.39 is 0 Å². The highest BCUT2D eigenvalue weighted by Crippen LogP contribution is 2.40. The van der Waals surface area contributed by atoms with Crippen molar-refractivity contribution >= 4 is 17.3 Å². The van der Waals surface area contributed by atoms with Crippen molar-refractivity contribution in [2.75, 3.05) is 24.5 Å². The Bertz CT molecular complexity index is 474. The maximum Gasteiger partial charge on any atom is 0.0471 e. The first-order valence-electron chi connectivity index (χ1n) is 8.37. The molecule has 2 atom stereocenters. The second kappa shape index (κ2) is 6.58. The van der Waals surface area contributed by atoms with Crippen molar-refractivity contribution in [1.29, 1.82) is 0 Å². The minimum atomic E-state index is 0.673. The molecular formula is C18H27ClN2. The van der Waals surface area contributed by atoms with Crippen molar-refractivity contribution in [2.45, 2.75) is 39.7 Å². The molecule has 116 valence electrons. The van der Waals surface area contributed by atoms with E-state index in [1.54, 1.807) is 0 Å². The number of nitrogens with zero attached hydrogens (tertiary/aromatic N) is 1. The smallest absolute Gasteiger partial charge is 0.0471 e. The number of fused-ring (bicyclic) bond motifs is 1. The minimum absolute atomic E-state index is 0.673. The standard InChI is InChI=1S/C18H27ClN2/c1-13(2)9-20-10-14-6-7-17(8-18(14)19)21-11-15-4-3-5-16(15)12-21/h6-8,13,15-16,20H,3-5,9-12H2,1-2H3. The lowest BCUT2D eigenvalue weighted by Crippen LogP contribution is -2.21. The Morgan fingerprint density at radius 2 is 1.95 bits per heavy atom. The lowest BCUT2D eigenvalue weighted by molar-refractivity contribution is 0.494. The summed E-state index contributed by atoms with van der Waals surface area (Å²) in [6, 6.07) is 6.60. The fraction of sp³-hybridized carbons (Fsp3) is 0.667. The van der Waals surface area contributed by atoms with Gasteiger partial charge in [-0.3, -0.25) is 0 Å². The first kappa shape index (κ1) is 15.2. The quantitative estimate of drug-likeness (QED) is 0.871. The monoisotopic (exact) mass is 306 g/mol. The van der Waals surface area contributed by atoms with Crippen LogP contribution in [-0.2, 0) is 6.54 Å². The van der Waals surface area contributed by atoms with Crippen molar-refractivity contribution < 1.29 is 0 Å². The summed E-state index contributed by atoms with van der Waals surface area (Å²) in [5, 5.41) is 4.37. The molecule has 21 heavy (non-hydrogen) atoms. The maximum absolute atomic E-state index is 6.48. The second-order valence-electron chi connectivity index (χ2n) is 7.16. The molecule has 1 aliphatic carbocycles. The zero-order valence-corrected chi connectivity index (χ0v) is 14.0. The summed E-state index contributed by atoms with van der Waals surface area (Å²) in [5.74, 6) is 2.53. The van der Waals surface area contributed by atoms with Gasteiger partial charge in [0.1, 0.15) is 0 Å². The number of benzene rings is 1. The molecule has 3 heteroatoms. The van der Waals surface area contributed by atoms with E-state index in [4.69, 9.17) is 11.6 Å². The Morgan fingerprint density at radius 3 is 2.57 bits per heavy atom. The number of nitrogens with one attached hydrogen (secondary N) is 1. The third-order valence-electron chi connectivity index (χ3n) is 5.00. The summed E-state index contributed by atoms with van der Waals surface area (Å²) in [5.41, 5.74) is 2.52. The minimum Gasteiger partial charge on any atom is -0.371 e. The van der Waals surface area contributed by atoms with Gasteiger partial charge in [-0.15, -0.1) is 0 Å². The van der Waals surface area contributed by atoms with Gasteiger partial charge < -0.3 is 10.2 Å². The van der Waals surface area contributed by atoms with E-state index in [0.29, 0.717) is 5.92 Å². The van der Waals surface area contributed by atoms with Gasteiger partial charge in [-0.25, -0.2) is 0 Å². The van der Waals surface area contributed by atoms with Gasteiger partial charge in [-0.1, -0.05) is 37.9 Å². The van der Waals surface area contributed by atoms with Crippen molar-refractivity contribution in [3.63, 3.8) is 0 Å². The predicted octanol–water partition coefficient (Wildman–Crippen LogP) is 4.32. The van der Waals surface area contributed by atoms with Crippen molar-refractivity contribution in [3.05, 3.63) is 28.8 Å². The van der Waals surface area contributed by atoms with E-state index in [1.807, 2.05) is 0 Å². The van der Waals surface area contributed by atoms with Gasteiger partial charge in [0, 0.05) is 30.3 Å². The van der Waals surface area contributed by atoms with Gasteiger partial charge in [-0.05, 0) is 54.8 Å². The molecule has 0 bridgehead atoms. The average molecular weight is 307 g/mol. The molecule has 1 aliphatic heterocycles. The SMILES string of the molecule is CC(C)CNCc1ccc(N2CC3CCCC3C2)cc1Cl. The zero-order chi connectivity index (χ0) is 14.8. The van der Waals surface area contributed by atoms with Crippen LogP contribution < -0.4 is 10.2 Å². The lowest BCUT2D eigenvalue weighted by Gasteiger charge is -2.20. The molecule has 1 saturated heterocycles. The topological polar surface area (TPSA) is 15.3 Å². The Hall–Kier alpha value is -0.730. The highest BCUT2D eigenvalue weighted by Gasteiger charge is 2.36. The van der Waals surface area contributed by atoms with Crippen LogP contribution in [0.3, 0.4) is 0 Å². The summed E-state index contributed by atoms with van der Waals surface area (Å²) in [4.78, 5) is 2.53. The van der Waals surface area contributed by atoms with E-state index in [1.165, 1.54) is 43.6 Å². The molecule has 1 saturated carbocycles. The summed E-state index contributed by atoms with van der Waals surface area (Å²) in [6.45, 7) is 8.80. The van der Waals surface area contributed by atoms with Crippen LogP contribution in [0.5, 0.6) is 0 Å². The van der Waals surface area contributed by atoms with E-state index in [-0.39, 0.29) is 0 Å². The Balaban J connectivity index is 1.61.